The van der Waals surface area contributed by atoms with Gasteiger partial charge in [0.2, 0.25) is 0 Å². The lowest BCUT2D eigenvalue weighted by atomic mass is 9.92. The van der Waals surface area contributed by atoms with Gasteiger partial charge in [0.15, 0.2) is 0 Å². The van der Waals surface area contributed by atoms with Gasteiger partial charge < -0.3 is 11.1 Å². The van der Waals surface area contributed by atoms with Crippen LogP contribution < -0.4 is 11.1 Å². The van der Waals surface area contributed by atoms with Crippen molar-refractivity contribution in [2.45, 2.75) is 45.6 Å². The number of nitrogens with zero attached hydrogens (tertiary/aromatic N) is 2. The number of sulfone groups is 1. The lowest BCUT2D eigenvalue weighted by Crippen LogP contribution is -2.22. The van der Waals surface area contributed by atoms with E-state index in [-0.39, 0.29) is 23.5 Å². The molecule has 158 valence electrons. The molecule has 0 unspecified atom stereocenters. The molecular formula is C23H28N4O2S. The summed E-state index contributed by atoms with van der Waals surface area (Å²) in [5.41, 5.74) is 11.0. The quantitative estimate of drug-likeness (QED) is 0.606. The third kappa shape index (κ3) is 4.41. The average Bonchev–Trinajstić information content (AvgIpc) is 2.67. The minimum Gasteiger partial charge on any atom is -0.399 e. The molecular weight excluding hydrogens is 396 g/mol. The Morgan fingerprint density at radius 1 is 1.07 bits per heavy atom. The number of aryl methyl sites for hydroxylation is 2. The Bertz CT molecular complexity index is 1170. The standard InChI is InChI=1S/C23H28N4O2S/c1-14-10-19(12-20(24)11-14)15(2)25-23-21-13-18(4-5-22(21)26-16(3)27-23)17-6-8-30(28,29)9-7-17/h4-5,10-13,15,17H,6-9,24H2,1-3H3,(H,25,26,27)/t15-/m1/s1. The van der Waals surface area contributed by atoms with E-state index in [0.717, 1.165) is 39.1 Å². The van der Waals surface area contributed by atoms with Crippen LogP contribution in [0.4, 0.5) is 11.5 Å². The van der Waals surface area contributed by atoms with Crippen LogP contribution in [-0.2, 0) is 9.84 Å². The normalized spacial score (nSPS) is 17.7. The Morgan fingerprint density at radius 2 is 1.80 bits per heavy atom. The molecule has 1 atom stereocenters. The maximum Gasteiger partial charge on any atom is 0.150 e. The predicted molar refractivity (Wildman–Crippen MR) is 123 cm³/mol. The van der Waals surface area contributed by atoms with Crippen molar-refractivity contribution in [3.63, 3.8) is 0 Å². The van der Waals surface area contributed by atoms with Gasteiger partial charge in [-0.15, -0.1) is 0 Å². The summed E-state index contributed by atoms with van der Waals surface area (Å²) in [7, 11) is -2.88. The van der Waals surface area contributed by atoms with Gasteiger partial charge in [-0.25, -0.2) is 18.4 Å². The second-order valence-electron chi connectivity index (χ2n) is 8.37. The summed E-state index contributed by atoms with van der Waals surface area (Å²) in [4.78, 5) is 9.26. The van der Waals surface area contributed by atoms with Gasteiger partial charge in [0.25, 0.3) is 0 Å². The van der Waals surface area contributed by atoms with E-state index >= 15 is 0 Å². The van der Waals surface area contributed by atoms with Crippen molar-refractivity contribution in [1.29, 1.82) is 0 Å². The summed E-state index contributed by atoms with van der Waals surface area (Å²) >= 11 is 0. The van der Waals surface area contributed by atoms with Crippen LogP contribution in [0.25, 0.3) is 10.9 Å². The number of nitrogen functional groups attached to an aromatic ring is 1. The van der Waals surface area contributed by atoms with Gasteiger partial charge in [0, 0.05) is 11.1 Å². The van der Waals surface area contributed by atoms with E-state index in [4.69, 9.17) is 5.73 Å². The first-order valence-electron chi connectivity index (χ1n) is 10.3. The van der Waals surface area contributed by atoms with E-state index in [1.54, 1.807) is 0 Å². The van der Waals surface area contributed by atoms with Gasteiger partial charge in [-0.1, -0.05) is 12.1 Å². The molecule has 6 nitrogen and oxygen atoms in total. The zero-order chi connectivity index (χ0) is 21.5. The zero-order valence-electron chi connectivity index (χ0n) is 17.6. The number of aromatic nitrogens is 2. The number of hydrogen-bond acceptors (Lipinski definition) is 6. The molecule has 1 aliphatic rings. The molecule has 2 aromatic carbocycles. The number of rotatable bonds is 4. The molecule has 1 aliphatic heterocycles. The van der Waals surface area contributed by atoms with Crippen molar-refractivity contribution in [1.82, 2.24) is 9.97 Å². The highest BCUT2D eigenvalue weighted by atomic mass is 32.2. The van der Waals surface area contributed by atoms with Gasteiger partial charge in [0.1, 0.15) is 21.5 Å². The van der Waals surface area contributed by atoms with E-state index in [0.29, 0.717) is 18.7 Å². The number of hydrogen-bond donors (Lipinski definition) is 2. The highest BCUT2D eigenvalue weighted by Crippen LogP contribution is 2.33. The van der Waals surface area contributed by atoms with Crippen molar-refractivity contribution >= 4 is 32.2 Å². The number of nitrogens with two attached hydrogens (primary N) is 1. The monoisotopic (exact) mass is 424 g/mol. The summed E-state index contributed by atoms with van der Waals surface area (Å²) in [6.07, 6.45) is 1.34. The zero-order valence-corrected chi connectivity index (χ0v) is 18.5. The summed E-state index contributed by atoms with van der Waals surface area (Å²) in [6.45, 7) is 6.01. The molecule has 0 radical (unpaired) electrons. The third-order valence-corrected chi connectivity index (χ3v) is 7.55. The van der Waals surface area contributed by atoms with Crippen LogP contribution in [0.3, 0.4) is 0 Å². The Labute approximate surface area is 177 Å². The van der Waals surface area contributed by atoms with Gasteiger partial charge in [-0.2, -0.15) is 0 Å². The SMILES string of the molecule is Cc1cc(N)cc([C@@H](C)Nc2nc(C)nc3ccc(C4CCS(=O)(=O)CC4)cc23)c1. The fourth-order valence-corrected chi connectivity index (χ4v) is 5.72. The molecule has 0 spiro atoms. The molecule has 3 aromatic rings. The van der Waals surface area contributed by atoms with Gasteiger partial charge >= 0.3 is 0 Å². The molecule has 1 aromatic heterocycles. The van der Waals surface area contributed by atoms with Crippen LogP contribution in [0.2, 0.25) is 0 Å². The molecule has 7 heteroatoms. The maximum atomic E-state index is 11.8. The van der Waals surface area contributed by atoms with Crippen molar-refractivity contribution in [2.24, 2.45) is 0 Å². The topological polar surface area (TPSA) is 98.0 Å². The van der Waals surface area contributed by atoms with E-state index in [2.05, 4.69) is 40.4 Å². The van der Waals surface area contributed by atoms with Crippen molar-refractivity contribution in [3.05, 3.63) is 58.9 Å². The summed E-state index contributed by atoms with van der Waals surface area (Å²) < 4.78 is 23.6. The number of benzene rings is 2. The summed E-state index contributed by atoms with van der Waals surface area (Å²) in [5, 5.41) is 4.49. The number of anilines is 2. The Balaban J connectivity index is 1.68. The minimum atomic E-state index is -2.88. The molecule has 3 N–H and O–H groups in total. The summed E-state index contributed by atoms with van der Waals surface area (Å²) in [5.74, 6) is 2.27. The van der Waals surface area contributed by atoms with Crippen LogP contribution >= 0.6 is 0 Å². The maximum absolute atomic E-state index is 11.8. The second-order valence-corrected chi connectivity index (χ2v) is 10.7. The molecule has 0 bridgehead atoms. The largest absolute Gasteiger partial charge is 0.399 e. The first-order chi connectivity index (χ1) is 14.2. The highest BCUT2D eigenvalue weighted by molar-refractivity contribution is 7.91. The van der Waals surface area contributed by atoms with Crippen molar-refractivity contribution < 1.29 is 8.42 Å². The summed E-state index contributed by atoms with van der Waals surface area (Å²) in [6, 6.07) is 12.3. The number of fused-ring (bicyclic) bond motifs is 1. The molecule has 1 saturated heterocycles. The lowest BCUT2D eigenvalue weighted by molar-refractivity contribution is 0.550. The third-order valence-electron chi connectivity index (χ3n) is 5.83. The Kier molecular flexibility index (Phi) is 5.40. The van der Waals surface area contributed by atoms with E-state index in [9.17, 15) is 8.42 Å². The lowest BCUT2D eigenvalue weighted by Gasteiger charge is -2.23. The van der Waals surface area contributed by atoms with Gasteiger partial charge in [-0.3, -0.25) is 0 Å². The van der Waals surface area contributed by atoms with Crippen LogP contribution in [0, 0.1) is 13.8 Å². The number of nitrogens with one attached hydrogen (secondary N) is 1. The predicted octanol–water partition coefficient (Wildman–Crippen LogP) is 4.29. The fraction of sp³-hybridized carbons (Fsp3) is 0.391. The van der Waals surface area contributed by atoms with Crippen LogP contribution in [0.1, 0.15) is 54.2 Å². The highest BCUT2D eigenvalue weighted by Gasteiger charge is 2.25. The molecule has 0 aliphatic carbocycles. The molecule has 2 heterocycles. The first-order valence-corrected chi connectivity index (χ1v) is 12.1. The van der Waals surface area contributed by atoms with E-state index < -0.39 is 9.84 Å². The van der Waals surface area contributed by atoms with Crippen LogP contribution in [0.5, 0.6) is 0 Å². The van der Waals surface area contributed by atoms with E-state index in [1.165, 1.54) is 0 Å². The van der Waals surface area contributed by atoms with E-state index in [1.807, 2.05) is 32.0 Å². The van der Waals surface area contributed by atoms with Gasteiger partial charge in [0.05, 0.1) is 23.1 Å². The second kappa shape index (κ2) is 7.87. The van der Waals surface area contributed by atoms with Crippen LogP contribution in [-0.4, -0.2) is 29.9 Å². The van der Waals surface area contributed by atoms with Crippen molar-refractivity contribution in [3.8, 4) is 0 Å². The Morgan fingerprint density at radius 3 is 2.50 bits per heavy atom. The van der Waals surface area contributed by atoms with Crippen LogP contribution in [0.15, 0.2) is 36.4 Å². The fourth-order valence-electron chi connectivity index (χ4n) is 4.23. The smallest absolute Gasteiger partial charge is 0.150 e. The average molecular weight is 425 g/mol. The minimum absolute atomic E-state index is 0.0215. The molecule has 0 saturated carbocycles. The molecule has 4 rings (SSSR count). The van der Waals surface area contributed by atoms with Crippen molar-refractivity contribution in [2.75, 3.05) is 22.6 Å². The molecule has 1 fully saturated rings. The molecule has 30 heavy (non-hydrogen) atoms. The van der Waals surface area contributed by atoms with Gasteiger partial charge in [-0.05, 0) is 80.5 Å². The Hall–Kier alpha value is -2.67. The first kappa shape index (κ1) is 20.6. The molecule has 0 amide bonds.